The van der Waals surface area contributed by atoms with E-state index in [-0.39, 0.29) is 0 Å². The molecule has 1 aliphatic rings. The molecule has 0 radical (unpaired) electrons. The molecule has 116 valence electrons. The van der Waals surface area contributed by atoms with E-state index in [0.717, 1.165) is 24.5 Å². The quantitative estimate of drug-likeness (QED) is 0.717. The SMILES string of the molecule is N#Cc1ccc(N=Nc2ccc(N3CCCCCC3)cc2)cc1. The lowest BCUT2D eigenvalue weighted by atomic mass is 10.2. The highest BCUT2D eigenvalue weighted by atomic mass is 15.1. The van der Waals surface area contributed by atoms with Gasteiger partial charge < -0.3 is 4.90 Å². The highest BCUT2D eigenvalue weighted by Gasteiger charge is 2.09. The van der Waals surface area contributed by atoms with Gasteiger partial charge in [0, 0.05) is 18.8 Å². The number of azo groups is 1. The summed E-state index contributed by atoms with van der Waals surface area (Å²) in [6.07, 6.45) is 5.24. The van der Waals surface area contributed by atoms with Gasteiger partial charge in [0.1, 0.15) is 0 Å². The third-order valence-electron chi connectivity index (χ3n) is 4.10. The average Bonchev–Trinajstić information content (AvgIpc) is 2.90. The molecule has 1 heterocycles. The molecule has 0 spiro atoms. The molecule has 23 heavy (non-hydrogen) atoms. The Hall–Kier alpha value is -2.67. The van der Waals surface area contributed by atoms with E-state index >= 15 is 0 Å². The summed E-state index contributed by atoms with van der Waals surface area (Å²) in [5, 5.41) is 17.3. The molecule has 4 nitrogen and oxygen atoms in total. The molecule has 0 atom stereocenters. The van der Waals surface area contributed by atoms with Crippen molar-refractivity contribution in [3.05, 3.63) is 54.1 Å². The van der Waals surface area contributed by atoms with Gasteiger partial charge in [-0.15, -0.1) is 0 Å². The van der Waals surface area contributed by atoms with Gasteiger partial charge in [-0.05, 0) is 61.4 Å². The molecule has 0 aromatic heterocycles. The van der Waals surface area contributed by atoms with E-state index < -0.39 is 0 Å². The summed E-state index contributed by atoms with van der Waals surface area (Å²) >= 11 is 0. The second-order valence-corrected chi connectivity index (χ2v) is 5.78. The molecular weight excluding hydrogens is 284 g/mol. The zero-order chi connectivity index (χ0) is 15.9. The number of hydrogen-bond donors (Lipinski definition) is 0. The van der Waals surface area contributed by atoms with E-state index in [0.29, 0.717) is 5.56 Å². The van der Waals surface area contributed by atoms with Crippen LogP contribution in [0.15, 0.2) is 58.8 Å². The van der Waals surface area contributed by atoms with E-state index in [1.165, 1.54) is 31.4 Å². The van der Waals surface area contributed by atoms with Crippen LogP contribution in [-0.2, 0) is 0 Å². The first kappa shape index (κ1) is 15.2. The second-order valence-electron chi connectivity index (χ2n) is 5.78. The first-order valence-corrected chi connectivity index (χ1v) is 8.12. The largest absolute Gasteiger partial charge is 0.372 e. The normalized spacial score (nSPS) is 15.3. The summed E-state index contributed by atoms with van der Waals surface area (Å²) in [5.74, 6) is 0. The maximum absolute atomic E-state index is 8.78. The molecule has 1 saturated heterocycles. The molecule has 0 aliphatic carbocycles. The molecule has 1 fully saturated rings. The number of hydrogen-bond acceptors (Lipinski definition) is 4. The zero-order valence-corrected chi connectivity index (χ0v) is 13.2. The molecule has 0 N–H and O–H groups in total. The van der Waals surface area contributed by atoms with Gasteiger partial charge in [0.15, 0.2) is 0 Å². The molecule has 0 amide bonds. The van der Waals surface area contributed by atoms with E-state index in [1.807, 2.05) is 12.1 Å². The van der Waals surface area contributed by atoms with Crippen LogP contribution in [0.4, 0.5) is 17.1 Å². The summed E-state index contributed by atoms with van der Waals surface area (Å²) in [4.78, 5) is 2.45. The summed E-state index contributed by atoms with van der Waals surface area (Å²) in [6.45, 7) is 2.29. The van der Waals surface area contributed by atoms with Crippen LogP contribution in [-0.4, -0.2) is 13.1 Å². The molecule has 1 aliphatic heterocycles. The number of nitrogens with zero attached hydrogens (tertiary/aromatic N) is 4. The Morgan fingerprint density at radius 1 is 0.739 bits per heavy atom. The van der Waals surface area contributed by atoms with Gasteiger partial charge in [-0.3, -0.25) is 0 Å². The van der Waals surface area contributed by atoms with Crippen molar-refractivity contribution in [2.45, 2.75) is 25.7 Å². The monoisotopic (exact) mass is 304 g/mol. The van der Waals surface area contributed by atoms with E-state index in [2.05, 4.69) is 33.3 Å². The maximum Gasteiger partial charge on any atom is 0.0991 e. The van der Waals surface area contributed by atoms with Crippen molar-refractivity contribution in [3.8, 4) is 6.07 Å². The Morgan fingerprint density at radius 2 is 1.26 bits per heavy atom. The van der Waals surface area contributed by atoms with Crippen molar-refractivity contribution in [2.24, 2.45) is 10.2 Å². The van der Waals surface area contributed by atoms with Gasteiger partial charge in [-0.1, -0.05) is 12.8 Å². The van der Waals surface area contributed by atoms with Crippen LogP contribution in [0.5, 0.6) is 0 Å². The average molecular weight is 304 g/mol. The number of benzene rings is 2. The minimum Gasteiger partial charge on any atom is -0.372 e. The van der Waals surface area contributed by atoms with E-state index in [4.69, 9.17) is 5.26 Å². The summed E-state index contributed by atoms with van der Waals surface area (Å²) in [7, 11) is 0. The fourth-order valence-electron chi connectivity index (χ4n) is 2.78. The van der Waals surface area contributed by atoms with Crippen LogP contribution >= 0.6 is 0 Å². The number of rotatable bonds is 3. The highest BCUT2D eigenvalue weighted by molar-refractivity contribution is 5.53. The van der Waals surface area contributed by atoms with E-state index in [1.54, 1.807) is 24.3 Å². The third-order valence-corrected chi connectivity index (χ3v) is 4.10. The Balaban J connectivity index is 1.66. The zero-order valence-electron chi connectivity index (χ0n) is 13.2. The predicted octanol–water partition coefficient (Wildman–Crippen LogP) is 5.35. The van der Waals surface area contributed by atoms with Gasteiger partial charge in [0.05, 0.1) is 23.0 Å². The summed E-state index contributed by atoms with van der Waals surface area (Å²) in [6, 6.07) is 17.4. The maximum atomic E-state index is 8.78. The number of anilines is 1. The van der Waals surface area contributed by atoms with Gasteiger partial charge in [-0.25, -0.2) is 0 Å². The molecule has 0 bridgehead atoms. The van der Waals surface area contributed by atoms with Gasteiger partial charge in [0.2, 0.25) is 0 Å². The molecule has 2 aromatic carbocycles. The number of nitriles is 1. The molecule has 2 aromatic rings. The Bertz CT molecular complexity index is 688. The lowest BCUT2D eigenvalue weighted by Crippen LogP contribution is -2.23. The van der Waals surface area contributed by atoms with Crippen LogP contribution in [0, 0.1) is 11.3 Å². The minimum atomic E-state index is 0.630. The standard InChI is InChI=1S/C19H20N4/c20-15-16-5-7-17(8-6-16)21-22-18-9-11-19(12-10-18)23-13-3-1-2-4-14-23/h5-12H,1-4,13-14H2. The Morgan fingerprint density at radius 3 is 1.78 bits per heavy atom. The molecule has 4 heteroatoms. The van der Waals surface area contributed by atoms with Crippen LogP contribution in [0.2, 0.25) is 0 Å². The van der Waals surface area contributed by atoms with Crippen molar-refractivity contribution < 1.29 is 0 Å². The third kappa shape index (κ3) is 4.17. The second kappa shape index (κ2) is 7.55. The van der Waals surface area contributed by atoms with Crippen LogP contribution in [0.1, 0.15) is 31.2 Å². The van der Waals surface area contributed by atoms with Gasteiger partial charge in [0.25, 0.3) is 0 Å². The lowest BCUT2D eigenvalue weighted by Gasteiger charge is -2.22. The first-order chi connectivity index (χ1) is 11.3. The van der Waals surface area contributed by atoms with Gasteiger partial charge in [-0.2, -0.15) is 15.5 Å². The van der Waals surface area contributed by atoms with Crippen molar-refractivity contribution in [1.82, 2.24) is 0 Å². The first-order valence-electron chi connectivity index (χ1n) is 8.12. The van der Waals surface area contributed by atoms with Crippen molar-refractivity contribution in [3.63, 3.8) is 0 Å². The lowest BCUT2D eigenvalue weighted by molar-refractivity contribution is 0.726. The Labute approximate surface area is 137 Å². The van der Waals surface area contributed by atoms with Crippen LogP contribution in [0.25, 0.3) is 0 Å². The topological polar surface area (TPSA) is 51.8 Å². The summed E-state index contributed by atoms with van der Waals surface area (Å²) < 4.78 is 0. The molecule has 0 saturated carbocycles. The van der Waals surface area contributed by atoms with Crippen molar-refractivity contribution >= 4 is 17.1 Å². The predicted molar refractivity (Wildman–Crippen MR) is 92.5 cm³/mol. The summed E-state index contributed by atoms with van der Waals surface area (Å²) in [5.41, 5.74) is 3.49. The van der Waals surface area contributed by atoms with Crippen LogP contribution < -0.4 is 4.90 Å². The van der Waals surface area contributed by atoms with Crippen molar-refractivity contribution in [1.29, 1.82) is 5.26 Å². The molecule has 3 rings (SSSR count). The van der Waals surface area contributed by atoms with Crippen molar-refractivity contribution in [2.75, 3.05) is 18.0 Å². The smallest absolute Gasteiger partial charge is 0.0991 e. The highest BCUT2D eigenvalue weighted by Crippen LogP contribution is 2.24. The molecule has 0 unspecified atom stereocenters. The van der Waals surface area contributed by atoms with Gasteiger partial charge >= 0.3 is 0 Å². The molecular formula is C19H20N4. The Kier molecular flexibility index (Phi) is 5.00. The fourth-order valence-corrected chi connectivity index (χ4v) is 2.78. The van der Waals surface area contributed by atoms with Crippen LogP contribution in [0.3, 0.4) is 0 Å². The fraction of sp³-hybridized carbons (Fsp3) is 0.316. The van der Waals surface area contributed by atoms with E-state index in [9.17, 15) is 0 Å². The minimum absolute atomic E-state index is 0.630.